The van der Waals surface area contributed by atoms with Crippen molar-refractivity contribution in [1.29, 1.82) is 5.26 Å². The summed E-state index contributed by atoms with van der Waals surface area (Å²) < 4.78 is 0. The van der Waals surface area contributed by atoms with Crippen molar-refractivity contribution < 1.29 is 9.90 Å². The Morgan fingerprint density at radius 1 is 1.38 bits per heavy atom. The smallest absolute Gasteiger partial charge is 0.319 e. The summed E-state index contributed by atoms with van der Waals surface area (Å²) in [4.78, 5) is 23.5. The van der Waals surface area contributed by atoms with Gasteiger partial charge < -0.3 is 20.6 Å². The normalized spacial score (nSPS) is 14.9. The molecule has 0 spiro atoms. The van der Waals surface area contributed by atoms with E-state index >= 15 is 0 Å². The number of aliphatic hydroxyl groups excluding tert-OH is 1. The number of carbonyl (C=O) groups excluding carboxylic acids is 1. The first-order chi connectivity index (χ1) is 13.5. The fraction of sp³-hybridized carbons (Fsp3) is 0.400. The molecule has 0 saturated carbocycles. The summed E-state index contributed by atoms with van der Waals surface area (Å²) in [7, 11) is 0. The van der Waals surface area contributed by atoms with Crippen LogP contribution in [0.5, 0.6) is 0 Å². The van der Waals surface area contributed by atoms with Crippen LogP contribution in [-0.2, 0) is 12.1 Å². The molecule has 2 aromatic rings. The zero-order chi connectivity index (χ0) is 20.1. The molecule has 3 rings (SSSR count). The molecule has 1 aromatic carbocycles. The van der Waals surface area contributed by atoms with E-state index in [1.807, 2.05) is 44.2 Å². The highest BCUT2D eigenvalue weighted by atomic mass is 32.1. The van der Waals surface area contributed by atoms with Crippen LogP contribution in [0.1, 0.15) is 43.1 Å². The summed E-state index contributed by atoms with van der Waals surface area (Å²) in [5.74, 6) is 0.449. The van der Waals surface area contributed by atoms with Gasteiger partial charge in [-0.1, -0.05) is 30.3 Å². The molecule has 0 unspecified atom stereocenters. The van der Waals surface area contributed by atoms with Gasteiger partial charge in [-0.05, 0) is 19.4 Å². The number of carbonyl (C=O) groups is 1. The lowest BCUT2D eigenvalue weighted by atomic mass is 9.97. The largest absolute Gasteiger partial charge is 0.394 e. The fourth-order valence-electron chi connectivity index (χ4n) is 3.33. The Labute approximate surface area is 177 Å². The molecule has 0 fully saturated rings. The van der Waals surface area contributed by atoms with E-state index in [1.165, 1.54) is 0 Å². The highest BCUT2D eigenvalue weighted by Gasteiger charge is 2.42. The molecular formula is C20H26N6O2S. The first-order valence-electron chi connectivity index (χ1n) is 9.18. The van der Waals surface area contributed by atoms with Gasteiger partial charge in [0, 0.05) is 18.3 Å². The minimum absolute atomic E-state index is 0. The van der Waals surface area contributed by atoms with Crippen LogP contribution in [0.3, 0.4) is 0 Å². The molecular weight excluding hydrogens is 388 g/mol. The maximum absolute atomic E-state index is 13.0. The molecule has 0 radical (unpaired) electrons. The van der Waals surface area contributed by atoms with Crippen LogP contribution >= 0.6 is 13.5 Å². The van der Waals surface area contributed by atoms with Crippen molar-refractivity contribution in [2.45, 2.75) is 38.4 Å². The quantitative estimate of drug-likeness (QED) is 0.626. The number of hydrogen-bond acceptors (Lipinski definition) is 6. The molecule has 2 amide bonds. The summed E-state index contributed by atoms with van der Waals surface area (Å²) in [5.41, 5.74) is 1.92. The SMILES string of the molecule is CC1(C)c2cnc(NCCC#N)nc2CN1C(=O)N[C@H](CO)c1ccccc1.S. The second-order valence-electron chi connectivity index (χ2n) is 7.13. The molecule has 3 N–H and O–H groups in total. The number of nitrogens with zero attached hydrogens (tertiary/aromatic N) is 4. The van der Waals surface area contributed by atoms with E-state index < -0.39 is 11.6 Å². The Bertz CT molecular complexity index is 884. The molecule has 0 aliphatic carbocycles. The minimum Gasteiger partial charge on any atom is -0.394 e. The van der Waals surface area contributed by atoms with E-state index in [0.717, 1.165) is 16.8 Å². The third-order valence-corrected chi connectivity index (χ3v) is 4.96. The maximum atomic E-state index is 13.0. The third-order valence-electron chi connectivity index (χ3n) is 4.96. The number of nitrogens with one attached hydrogen (secondary N) is 2. The lowest BCUT2D eigenvalue weighted by Gasteiger charge is -2.33. The number of urea groups is 1. The van der Waals surface area contributed by atoms with Crippen LogP contribution in [0.15, 0.2) is 36.5 Å². The number of nitriles is 1. The van der Waals surface area contributed by atoms with Crippen molar-refractivity contribution in [1.82, 2.24) is 20.2 Å². The van der Waals surface area contributed by atoms with Crippen LogP contribution in [0.25, 0.3) is 0 Å². The molecule has 1 aromatic heterocycles. The van der Waals surface area contributed by atoms with Gasteiger partial charge in [0.15, 0.2) is 0 Å². The first-order valence-corrected chi connectivity index (χ1v) is 9.18. The van der Waals surface area contributed by atoms with Gasteiger partial charge in [0.05, 0.1) is 42.9 Å². The van der Waals surface area contributed by atoms with Gasteiger partial charge in [0.1, 0.15) is 0 Å². The highest BCUT2D eigenvalue weighted by molar-refractivity contribution is 7.59. The van der Waals surface area contributed by atoms with Gasteiger partial charge in [0.25, 0.3) is 0 Å². The molecule has 1 aliphatic heterocycles. The lowest BCUT2D eigenvalue weighted by Crippen LogP contribution is -2.47. The third kappa shape index (κ3) is 4.78. The van der Waals surface area contributed by atoms with Crippen molar-refractivity contribution in [2.75, 3.05) is 18.5 Å². The fourth-order valence-corrected chi connectivity index (χ4v) is 3.33. The minimum atomic E-state index is -0.582. The Kier molecular flexibility index (Phi) is 7.42. The average Bonchev–Trinajstić information content (AvgIpc) is 2.97. The van der Waals surface area contributed by atoms with Crippen LogP contribution in [-0.4, -0.2) is 39.2 Å². The number of rotatable bonds is 6. The Hall–Kier alpha value is -2.83. The standard InChI is InChI=1S/C20H24N6O2.H2S/c1-20(2)15-11-23-18(22-10-6-9-21)24-16(15)12-26(20)19(28)25-17(13-27)14-7-4-3-5-8-14;/h3-5,7-8,11,17,27H,6,10,12-13H2,1-2H3,(H,25,28)(H,22,23,24);1H2/t17-;/m1./s1. The predicted octanol–water partition coefficient (Wildman–Crippen LogP) is 2.41. The monoisotopic (exact) mass is 414 g/mol. The van der Waals surface area contributed by atoms with Gasteiger partial charge in [-0.3, -0.25) is 0 Å². The van der Waals surface area contributed by atoms with Crippen molar-refractivity contribution in [3.63, 3.8) is 0 Å². The van der Waals surface area contributed by atoms with Gasteiger partial charge in [-0.25, -0.2) is 14.8 Å². The zero-order valence-electron chi connectivity index (χ0n) is 16.5. The van der Waals surface area contributed by atoms with E-state index in [1.54, 1.807) is 11.1 Å². The molecule has 1 aliphatic rings. The van der Waals surface area contributed by atoms with E-state index in [-0.39, 0.29) is 26.1 Å². The van der Waals surface area contributed by atoms with Gasteiger partial charge in [-0.15, -0.1) is 0 Å². The Morgan fingerprint density at radius 2 is 2.10 bits per heavy atom. The highest BCUT2D eigenvalue weighted by Crippen LogP contribution is 2.38. The summed E-state index contributed by atoms with van der Waals surface area (Å²) in [5, 5.41) is 24.3. The Balaban J connectivity index is 0.00000300. The predicted molar refractivity (Wildman–Crippen MR) is 115 cm³/mol. The van der Waals surface area contributed by atoms with Gasteiger partial charge in [-0.2, -0.15) is 18.8 Å². The van der Waals surface area contributed by atoms with Crippen LogP contribution in [0.4, 0.5) is 10.7 Å². The molecule has 9 heteroatoms. The topological polar surface area (TPSA) is 114 Å². The number of amides is 2. The van der Waals surface area contributed by atoms with Crippen molar-refractivity contribution in [3.05, 3.63) is 53.3 Å². The number of anilines is 1. The molecule has 154 valence electrons. The second-order valence-corrected chi connectivity index (χ2v) is 7.13. The van der Waals surface area contributed by atoms with E-state index in [4.69, 9.17) is 5.26 Å². The number of aromatic nitrogens is 2. The first kappa shape index (κ1) is 22.5. The van der Waals surface area contributed by atoms with Crippen molar-refractivity contribution in [3.8, 4) is 6.07 Å². The molecule has 0 saturated heterocycles. The molecule has 2 heterocycles. The van der Waals surface area contributed by atoms with Gasteiger partial charge in [0.2, 0.25) is 5.95 Å². The molecule has 29 heavy (non-hydrogen) atoms. The number of hydrogen-bond donors (Lipinski definition) is 3. The zero-order valence-corrected chi connectivity index (χ0v) is 17.5. The average molecular weight is 415 g/mol. The van der Waals surface area contributed by atoms with Crippen molar-refractivity contribution in [2.24, 2.45) is 0 Å². The number of benzene rings is 1. The van der Waals surface area contributed by atoms with Crippen LogP contribution in [0.2, 0.25) is 0 Å². The summed E-state index contributed by atoms with van der Waals surface area (Å²) >= 11 is 0. The van der Waals surface area contributed by atoms with E-state index in [0.29, 0.717) is 25.5 Å². The molecule has 8 nitrogen and oxygen atoms in total. The van der Waals surface area contributed by atoms with E-state index in [2.05, 4.69) is 26.7 Å². The maximum Gasteiger partial charge on any atom is 0.319 e. The van der Waals surface area contributed by atoms with Crippen molar-refractivity contribution >= 4 is 25.5 Å². The molecule has 1 atom stereocenters. The van der Waals surface area contributed by atoms with Gasteiger partial charge >= 0.3 is 6.03 Å². The summed E-state index contributed by atoms with van der Waals surface area (Å²) in [6, 6.07) is 10.7. The van der Waals surface area contributed by atoms with E-state index in [9.17, 15) is 9.90 Å². The second kappa shape index (κ2) is 9.58. The summed E-state index contributed by atoms with van der Waals surface area (Å²) in [6.07, 6.45) is 2.09. The van der Waals surface area contributed by atoms with Crippen LogP contribution in [0, 0.1) is 11.3 Å². The van der Waals surface area contributed by atoms with Crippen LogP contribution < -0.4 is 10.6 Å². The Morgan fingerprint density at radius 3 is 2.76 bits per heavy atom. The summed E-state index contributed by atoms with van der Waals surface area (Å²) in [6.45, 7) is 4.51. The number of aliphatic hydroxyl groups is 1. The molecule has 0 bridgehead atoms. The lowest BCUT2D eigenvalue weighted by molar-refractivity contribution is 0.136. The number of fused-ring (bicyclic) bond motifs is 1.